The second-order valence-corrected chi connectivity index (χ2v) is 9.28. The van der Waals surface area contributed by atoms with Gasteiger partial charge in [0.1, 0.15) is 25.1 Å². The van der Waals surface area contributed by atoms with Gasteiger partial charge >= 0.3 is 5.97 Å². The quantitative estimate of drug-likeness (QED) is 0.300. The number of methoxy groups -OCH3 is 1. The molecule has 11 heteroatoms. The van der Waals surface area contributed by atoms with Crippen molar-refractivity contribution in [1.82, 2.24) is 19.7 Å². The number of hydrogen-bond acceptors (Lipinski definition) is 10. The van der Waals surface area contributed by atoms with Gasteiger partial charge in [-0.3, -0.25) is 9.48 Å². The molecule has 1 atom stereocenters. The van der Waals surface area contributed by atoms with Crippen LogP contribution in [0.1, 0.15) is 40.0 Å². The Balaban J connectivity index is 1.41. The maximum Gasteiger partial charge on any atom is 0.328 e. The lowest BCUT2D eigenvalue weighted by Gasteiger charge is -2.22. The molecule has 1 saturated heterocycles. The van der Waals surface area contributed by atoms with E-state index >= 15 is 0 Å². The first-order valence-corrected chi connectivity index (χ1v) is 11.9. The number of hydrogen-bond donors (Lipinski definition) is 0. The fourth-order valence-electron chi connectivity index (χ4n) is 3.67. The van der Waals surface area contributed by atoms with Crippen molar-refractivity contribution in [2.24, 2.45) is 0 Å². The number of nitrogens with zero attached hydrogens (tertiary/aromatic N) is 4. The highest BCUT2D eigenvalue weighted by atomic mass is 16.7. The normalized spacial score (nSPS) is 16.1. The van der Waals surface area contributed by atoms with Gasteiger partial charge < -0.3 is 28.4 Å². The summed E-state index contributed by atoms with van der Waals surface area (Å²) < 4.78 is 35.4. The van der Waals surface area contributed by atoms with Crippen molar-refractivity contribution in [3.63, 3.8) is 0 Å². The van der Waals surface area contributed by atoms with Crippen LogP contribution in [0.3, 0.4) is 0 Å². The molecule has 0 radical (unpaired) electrons. The molecule has 194 valence electrons. The van der Waals surface area contributed by atoms with Gasteiger partial charge in [-0.05, 0) is 46.1 Å². The van der Waals surface area contributed by atoms with Crippen molar-refractivity contribution < 1.29 is 33.2 Å². The number of benzene rings is 1. The molecule has 0 aliphatic carbocycles. The second-order valence-electron chi connectivity index (χ2n) is 9.28. The molecule has 0 amide bonds. The maximum atomic E-state index is 12.1. The van der Waals surface area contributed by atoms with E-state index in [1.165, 1.54) is 17.2 Å². The van der Waals surface area contributed by atoms with Crippen LogP contribution in [0.15, 0.2) is 30.9 Å². The largest absolute Gasteiger partial charge is 0.493 e. The molecule has 1 aliphatic rings. The van der Waals surface area contributed by atoms with Crippen molar-refractivity contribution in [2.45, 2.75) is 58.5 Å². The number of aromatic nitrogens is 4. The van der Waals surface area contributed by atoms with E-state index in [9.17, 15) is 4.79 Å². The van der Waals surface area contributed by atoms with Crippen molar-refractivity contribution in [2.75, 3.05) is 26.9 Å². The molecule has 1 aliphatic heterocycles. The third-order valence-corrected chi connectivity index (χ3v) is 5.20. The minimum atomic E-state index is -0.568. The standard InChI is InChI=1S/C25H32N4O7/c1-25(2,3)36-22(30)15-29-14-17(13-28-29)35-24-18-11-20(31-4)21(12-19(18)26-16-27-24)32-9-10-34-23-7-5-6-8-33-23/h11-14,16,23H,5-10,15H2,1-4H3. The van der Waals surface area contributed by atoms with E-state index in [0.29, 0.717) is 47.2 Å². The van der Waals surface area contributed by atoms with Crippen LogP contribution < -0.4 is 14.2 Å². The van der Waals surface area contributed by atoms with Crippen LogP contribution in [-0.4, -0.2) is 64.5 Å². The number of carbonyl (C=O) groups excluding carboxylic acids is 1. The second kappa shape index (κ2) is 11.5. The fourth-order valence-corrected chi connectivity index (χ4v) is 3.67. The SMILES string of the molecule is COc1cc2c(Oc3cnn(CC(=O)OC(C)(C)C)c3)ncnc2cc1OCCOC1CCCCO1. The number of carbonyl (C=O) groups is 1. The van der Waals surface area contributed by atoms with E-state index in [1.807, 2.05) is 20.8 Å². The Hall–Kier alpha value is -3.44. The average molecular weight is 501 g/mol. The lowest BCUT2D eigenvalue weighted by Crippen LogP contribution is -2.26. The van der Waals surface area contributed by atoms with E-state index in [1.54, 1.807) is 25.4 Å². The van der Waals surface area contributed by atoms with Crippen LogP contribution in [0.5, 0.6) is 23.1 Å². The van der Waals surface area contributed by atoms with Crippen LogP contribution in [-0.2, 0) is 25.5 Å². The van der Waals surface area contributed by atoms with Crippen LogP contribution in [0, 0.1) is 0 Å². The van der Waals surface area contributed by atoms with Gasteiger partial charge in [0, 0.05) is 12.7 Å². The summed E-state index contributed by atoms with van der Waals surface area (Å²) in [7, 11) is 1.56. The molecule has 0 spiro atoms. The summed E-state index contributed by atoms with van der Waals surface area (Å²) >= 11 is 0. The van der Waals surface area contributed by atoms with E-state index in [-0.39, 0.29) is 12.8 Å². The number of fused-ring (bicyclic) bond motifs is 1. The molecule has 36 heavy (non-hydrogen) atoms. The van der Waals surface area contributed by atoms with Crippen molar-refractivity contribution >= 4 is 16.9 Å². The highest BCUT2D eigenvalue weighted by molar-refractivity contribution is 5.87. The van der Waals surface area contributed by atoms with E-state index in [0.717, 1.165) is 25.9 Å². The molecule has 2 aromatic heterocycles. The summed E-state index contributed by atoms with van der Waals surface area (Å²) in [6.07, 6.45) is 7.43. The molecule has 1 aromatic carbocycles. The molecular weight excluding hydrogens is 468 g/mol. The molecule has 1 unspecified atom stereocenters. The Bertz CT molecular complexity index is 1170. The van der Waals surface area contributed by atoms with Gasteiger partial charge in [-0.2, -0.15) is 5.10 Å². The lowest BCUT2D eigenvalue weighted by atomic mass is 10.2. The van der Waals surface area contributed by atoms with Crippen LogP contribution in [0.25, 0.3) is 10.9 Å². The number of ether oxygens (including phenoxy) is 6. The molecular formula is C25H32N4O7. The molecule has 0 saturated carbocycles. The zero-order chi connectivity index (χ0) is 25.5. The first-order chi connectivity index (χ1) is 17.3. The Morgan fingerprint density at radius 3 is 2.78 bits per heavy atom. The summed E-state index contributed by atoms with van der Waals surface area (Å²) in [6.45, 7) is 6.88. The summed E-state index contributed by atoms with van der Waals surface area (Å²) in [5, 5.41) is 4.80. The molecule has 4 rings (SSSR count). The summed E-state index contributed by atoms with van der Waals surface area (Å²) in [5.41, 5.74) is 0.0514. The first-order valence-electron chi connectivity index (χ1n) is 11.9. The molecule has 0 bridgehead atoms. The monoisotopic (exact) mass is 500 g/mol. The van der Waals surface area contributed by atoms with Gasteiger partial charge in [0.05, 0.1) is 37.0 Å². The zero-order valence-electron chi connectivity index (χ0n) is 21.1. The first kappa shape index (κ1) is 25.6. The predicted octanol–water partition coefficient (Wildman–Crippen LogP) is 3.89. The summed E-state index contributed by atoms with van der Waals surface area (Å²) in [5.74, 6) is 1.39. The average Bonchev–Trinajstić information content (AvgIpc) is 3.27. The van der Waals surface area contributed by atoms with Crippen LogP contribution in [0.2, 0.25) is 0 Å². The van der Waals surface area contributed by atoms with Crippen LogP contribution in [0.4, 0.5) is 0 Å². The topological polar surface area (TPSA) is 116 Å². The Kier molecular flexibility index (Phi) is 8.21. The highest BCUT2D eigenvalue weighted by Gasteiger charge is 2.18. The summed E-state index contributed by atoms with van der Waals surface area (Å²) in [6, 6.07) is 3.53. The highest BCUT2D eigenvalue weighted by Crippen LogP contribution is 2.36. The molecule has 3 heterocycles. The van der Waals surface area contributed by atoms with Crippen molar-refractivity contribution in [3.05, 3.63) is 30.9 Å². The van der Waals surface area contributed by atoms with Gasteiger partial charge in [-0.15, -0.1) is 0 Å². The molecule has 3 aromatic rings. The van der Waals surface area contributed by atoms with Gasteiger partial charge in [0.15, 0.2) is 23.5 Å². The smallest absolute Gasteiger partial charge is 0.328 e. The van der Waals surface area contributed by atoms with Crippen molar-refractivity contribution in [3.8, 4) is 23.1 Å². The van der Waals surface area contributed by atoms with E-state index in [2.05, 4.69) is 15.1 Å². The van der Waals surface area contributed by atoms with Gasteiger partial charge in [-0.1, -0.05) is 0 Å². The van der Waals surface area contributed by atoms with Gasteiger partial charge in [-0.25, -0.2) is 9.97 Å². The third-order valence-electron chi connectivity index (χ3n) is 5.20. The zero-order valence-corrected chi connectivity index (χ0v) is 21.1. The van der Waals surface area contributed by atoms with E-state index in [4.69, 9.17) is 28.4 Å². The van der Waals surface area contributed by atoms with Gasteiger partial charge in [0.25, 0.3) is 0 Å². The maximum absolute atomic E-state index is 12.1. The van der Waals surface area contributed by atoms with Crippen LogP contribution >= 0.6 is 0 Å². The van der Waals surface area contributed by atoms with E-state index < -0.39 is 11.6 Å². The fraction of sp³-hybridized carbons (Fsp3) is 0.520. The van der Waals surface area contributed by atoms with Crippen molar-refractivity contribution in [1.29, 1.82) is 0 Å². The minimum Gasteiger partial charge on any atom is -0.493 e. The Labute approximate surface area is 209 Å². The lowest BCUT2D eigenvalue weighted by molar-refractivity contribution is -0.165. The molecule has 0 N–H and O–H groups in total. The third kappa shape index (κ3) is 7.05. The Morgan fingerprint density at radius 2 is 2.03 bits per heavy atom. The predicted molar refractivity (Wildman–Crippen MR) is 129 cm³/mol. The molecule has 11 nitrogen and oxygen atoms in total. The van der Waals surface area contributed by atoms with Gasteiger partial charge in [0.2, 0.25) is 5.88 Å². The minimum absolute atomic E-state index is 0.0315. The molecule has 1 fully saturated rings. The number of rotatable bonds is 10. The summed E-state index contributed by atoms with van der Waals surface area (Å²) in [4.78, 5) is 20.7. The Morgan fingerprint density at radius 1 is 1.17 bits per heavy atom. The number of esters is 1.